The molecular formula is C34H50O2S. The van der Waals surface area contributed by atoms with Gasteiger partial charge in [-0.1, -0.05) is 110 Å². The molecule has 0 heterocycles. The number of allylic oxidation sites excluding steroid dienone is 1. The fourth-order valence-corrected chi connectivity index (χ4v) is 5.23. The van der Waals surface area contributed by atoms with Crippen LogP contribution in [0, 0.1) is 5.92 Å². The second-order valence-corrected chi connectivity index (χ2v) is 11.7. The number of hydrogen-bond donors (Lipinski definition) is 0. The van der Waals surface area contributed by atoms with Crippen molar-refractivity contribution in [3.63, 3.8) is 0 Å². The van der Waals surface area contributed by atoms with E-state index in [0.29, 0.717) is 0 Å². The Bertz CT molecular complexity index is 885. The molecule has 37 heavy (non-hydrogen) atoms. The molecule has 204 valence electrons. The summed E-state index contributed by atoms with van der Waals surface area (Å²) in [5, 5.41) is 0. The van der Waals surface area contributed by atoms with Crippen LogP contribution in [-0.2, 0) is 0 Å². The van der Waals surface area contributed by atoms with Gasteiger partial charge in [-0.2, -0.15) is 0 Å². The van der Waals surface area contributed by atoms with Crippen molar-refractivity contribution in [2.24, 2.45) is 5.92 Å². The summed E-state index contributed by atoms with van der Waals surface area (Å²) in [6, 6.07) is 16.0. The molecule has 0 spiro atoms. The van der Waals surface area contributed by atoms with Crippen molar-refractivity contribution < 1.29 is 9.53 Å². The van der Waals surface area contributed by atoms with E-state index in [2.05, 4.69) is 32.9 Å². The predicted octanol–water partition coefficient (Wildman–Crippen LogP) is 10.8. The number of hydrogen-bond acceptors (Lipinski definition) is 3. The quantitative estimate of drug-likeness (QED) is 0.0705. The van der Waals surface area contributed by atoms with Crippen LogP contribution in [0.15, 0.2) is 59.5 Å². The van der Waals surface area contributed by atoms with Gasteiger partial charge in [-0.15, -0.1) is 11.8 Å². The normalized spacial score (nSPS) is 11.5. The number of carbonyl (C=O) groups is 1. The summed E-state index contributed by atoms with van der Waals surface area (Å²) < 4.78 is 6.07. The zero-order valence-corrected chi connectivity index (χ0v) is 24.5. The fourth-order valence-electron chi connectivity index (χ4n) is 4.36. The Morgan fingerprint density at radius 1 is 0.811 bits per heavy atom. The second kappa shape index (κ2) is 20.0. The number of ether oxygens (including phenoxy) is 1. The van der Waals surface area contributed by atoms with E-state index in [-0.39, 0.29) is 5.78 Å². The lowest BCUT2D eigenvalue weighted by Gasteiger charge is -2.09. The van der Waals surface area contributed by atoms with Gasteiger partial charge in [0.25, 0.3) is 0 Å². The van der Waals surface area contributed by atoms with Gasteiger partial charge >= 0.3 is 0 Å². The topological polar surface area (TPSA) is 26.3 Å². The standard InChI is InChI=1S/C34H50O2S/c1-4-5-6-7-8-9-10-11-12-13-16-27-36-34-20-15-14-19-31(34)23-26-33(35)30-21-24-32(25-22-30)37-28-17-18-29(2)3/h14-15,19-26,29H,4-13,16-18,27-28H2,1-3H3. The van der Waals surface area contributed by atoms with Crippen molar-refractivity contribution in [2.75, 3.05) is 12.4 Å². The maximum Gasteiger partial charge on any atom is 0.185 e. The van der Waals surface area contributed by atoms with Crippen molar-refractivity contribution in [3.05, 3.63) is 65.7 Å². The molecule has 0 aliphatic rings. The number of rotatable bonds is 21. The zero-order chi connectivity index (χ0) is 26.6. The highest BCUT2D eigenvalue weighted by atomic mass is 32.2. The summed E-state index contributed by atoms with van der Waals surface area (Å²) in [5.41, 5.74) is 1.68. The van der Waals surface area contributed by atoms with Crippen LogP contribution in [0.2, 0.25) is 0 Å². The van der Waals surface area contributed by atoms with E-state index in [1.807, 2.05) is 54.2 Å². The molecule has 2 nitrogen and oxygen atoms in total. The van der Waals surface area contributed by atoms with Crippen LogP contribution in [0.1, 0.15) is 120 Å². The second-order valence-electron chi connectivity index (χ2n) is 10.5. The minimum absolute atomic E-state index is 0.0246. The van der Waals surface area contributed by atoms with Crippen LogP contribution in [0.5, 0.6) is 5.75 Å². The maximum absolute atomic E-state index is 12.7. The summed E-state index contributed by atoms with van der Waals surface area (Å²) in [6.45, 7) is 7.53. The highest BCUT2D eigenvalue weighted by Gasteiger charge is 2.05. The summed E-state index contributed by atoms with van der Waals surface area (Å²) in [4.78, 5) is 13.9. The van der Waals surface area contributed by atoms with Crippen LogP contribution < -0.4 is 4.74 Å². The zero-order valence-electron chi connectivity index (χ0n) is 23.7. The van der Waals surface area contributed by atoms with Gasteiger partial charge in [-0.25, -0.2) is 0 Å². The number of para-hydroxylation sites is 1. The van der Waals surface area contributed by atoms with E-state index >= 15 is 0 Å². The van der Waals surface area contributed by atoms with E-state index in [9.17, 15) is 4.79 Å². The largest absolute Gasteiger partial charge is 0.493 e. The first-order chi connectivity index (χ1) is 18.1. The first-order valence-corrected chi connectivity index (χ1v) is 15.8. The number of benzene rings is 2. The SMILES string of the molecule is CCCCCCCCCCCCCOc1ccccc1C=CC(=O)c1ccc(SCCCC(C)C)cc1. The molecule has 0 aliphatic carbocycles. The highest BCUT2D eigenvalue weighted by Crippen LogP contribution is 2.23. The van der Waals surface area contributed by atoms with Gasteiger partial charge < -0.3 is 4.74 Å². The molecule has 0 N–H and O–H groups in total. The molecule has 0 saturated carbocycles. The van der Waals surface area contributed by atoms with Crippen molar-refractivity contribution in [3.8, 4) is 5.75 Å². The van der Waals surface area contributed by atoms with Crippen LogP contribution in [0.25, 0.3) is 6.08 Å². The van der Waals surface area contributed by atoms with Crippen LogP contribution in [0.4, 0.5) is 0 Å². The van der Waals surface area contributed by atoms with Gasteiger partial charge in [0.1, 0.15) is 5.75 Å². The summed E-state index contributed by atoms with van der Waals surface area (Å²) in [5.74, 6) is 2.76. The van der Waals surface area contributed by atoms with Crippen LogP contribution in [-0.4, -0.2) is 18.1 Å². The Labute approximate surface area is 231 Å². The number of ketones is 1. The number of carbonyl (C=O) groups excluding carboxylic acids is 1. The predicted molar refractivity (Wildman–Crippen MR) is 163 cm³/mol. The minimum atomic E-state index is 0.0246. The summed E-state index contributed by atoms with van der Waals surface area (Å²) >= 11 is 1.87. The van der Waals surface area contributed by atoms with E-state index < -0.39 is 0 Å². The molecule has 0 aliphatic heterocycles. The summed E-state index contributed by atoms with van der Waals surface area (Å²) in [7, 11) is 0. The molecule has 2 aromatic rings. The molecule has 0 atom stereocenters. The van der Waals surface area contributed by atoms with Crippen LogP contribution in [0.3, 0.4) is 0 Å². The molecule has 0 fully saturated rings. The van der Waals surface area contributed by atoms with Crippen molar-refractivity contribution in [1.82, 2.24) is 0 Å². The van der Waals surface area contributed by atoms with Gasteiger partial charge in [-0.3, -0.25) is 4.79 Å². The van der Waals surface area contributed by atoms with Gasteiger partial charge in [0.05, 0.1) is 6.61 Å². The van der Waals surface area contributed by atoms with E-state index in [0.717, 1.165) is 41.6 Å². The third-order valence-electron chi connectivity index (χ3n) is 6.67. The Morgan fingerprint density at radius 2 is 1.43 bits per heavy atom. The number of unbranched alkanes of at least 4 members (excludes halogenated alkanes) is 10. The molecule has 0 aromatic heterocycles. The van der Waals surface area contributed by atoms with E-state index in [4.69, 9.17) is 4.74 Å². The summed E-state index contributed by atoms with van der Waals surface area (Å²) in [6.07, 6.45) is 20.7. The molecule has 3 heteroatoms. The third kappa shape index (κ3) is 14.5. The minimum Gasteiger partial charge on any atom is -0.493 e. The monoisotopic (exact) mass is 522 g/mol. The lowest BCUT2D eigenvalue weighted by atomic mass is 10.1. The maximum atomic E-state index is 12.7. The molecule has 0 unspecified atom stereocenters. The average molecular weight is 523 g/mol. The molecule has 0 radical (unpaired) electrons. The Morgan fingerprint density at radius 3 is 2.08 bits per heavy atom. The van der Waals surface area contributed by atoms with Crippen molar-refractivity contribution in [1.29, 1.82) is 0 Å². The Kier molecular flexibility index (Phi) is 16.9. The molecule has 2 rings (SSSR count). The van der Waals surface area contributed by atoms with Crippen molar-refractivity contribution >= 4 is 23.6 Å². The first kappa shape index (κ1) is 31.2. The van der Waals surface area contributed by atoms with E-state index in [1.54, 1.807) is 6.08 Å². The van der Waals surface area contributed by atoms with Gasteiger partial charge in [0, 0.05) is 16.0 Å². The number of thioether (sulfide) groups is 1. The molecule has 2 aromatic carbocycles. The smallest absolute Gasteiger partial charge is 0.185 e. The molecule has 0 amide bonds. The lowest BCUT2D eigenvalue weighted by molar-refractivity contribution is 0.104. The molecule has 0 saturated heterocycles. The van der Waals surface area contributed by atoms with Crippen LogP contribution >= 0.6 is 11.8 Å². The molecular weight excluding hydrogens is 472 g/mol. The van der Waals surface area contributed by atoms with Crippen molar-refractivity contribution in [2.45, 2.75) is 109 Å². The average Bonchev–Trinajstić information content (AvgIpc) is 2.91. The van der Waals surface area contributed by atoms with Gasteiger partial charge in [-0.05, 0) is 67.0 Å². The van der Waals surface area contributed by atoms with Gasteiger partial charge in [0.15, 0.2) is 5.78 Å². The van der Waals surface area contributed by atoms with Gasteiger partial charge in [0.2, 0.25) is 0 Å². The first-order valence-electron chi connectivity index (χ1n) is 14.8. The lowest BCUT2D eigenvalue weighted by Crippen LogP contribution is -1.99. The highest BCUT2D eigenvalue weighted by molar-refractivity contribution is 7.99. The Balaban J connectivity index is 1.68. The van der Waals surface area contributed by atoms with E-state index in [1.165, 1.54) is 81.9 Å². The molecule has 0 bridgehead atoms. The third-order valence-corrected chi connectivity index (χ3v) is 7.77. The fraction of sp³-hybridized carbons (Fsp3) is 0.559. The Hall–Kier alpha value is -2.00.